The van der Waals surface area contributed by atoms with Crippen LogP contribution in [-0.2, 0) is 9.53 Å². The molecule has 0 N–H and O–H groups in total. The summed E-state index contributed by atoms with van der Waals surface area (Å²) in [7, 11) is 0. The molecule has 0 saturated carbocycles. The molecule has 0 bridgehead atoms. The molecular weight excluding hydrogens is 320 g/mol. The number of fused-ring (bicyclic) bond motifs is 1. The lowest BCUT2D eigenvalue weighted by molar-refractivity contribution is -0.126. The third-order valence-electron chi connectivity index (χ3n) is 4.03. The molecule has 23 heavy (non-hydrogen) atoms. The Kier molecular flexibility index (Phi) is 3.22. The number of rotatable bonds is 3. The highest BCUT2D eigenvalue weighted by Crippen LogP contribution is 2.23. The van der Waals surface area contributed by atoms with Crippen molar-refractivity contribution in [2.45, 2.75) is 0 Å². The van der Waals surface area contributed by atoms with Gasteiger partial charge in [-0.15, -0.1) is 0 Å². The van der Waals surface area contributed by atoms with Crippen LogP contribution < -0.4 is 0 Å². The van der Waals surface area contributed by atoms with E-state index < -0.39 is 6.09 Å². The van der Waals surface area contributed by atoms with Crippen molar-refractivity contribution < 1.29 is 19.1 Å². The van der Waals surface area contributed by atoms with E-state index in [1.54, 1.807) is 23.1 Å². The summed E-state index contributed by atoms with van der Waals surface area (Å²) in [6.07, 6.45) is -0.596. The van der Waals surface area contributed by atoms with Crippen molar-refractivity contribution in [3.05, 3.63) is 23.8 Å². The number of ether oxygens (including phenoxy) is 1. The Balaban J connectivity index is 1.38. The molecule has 0 unspecified atom stereocenters. The number of amides is 3. The van der Waals surface area contributed by atoms with Gasteiger partial charge in [0.15, 0.2) is 6.61 Å². The summed E-state index contributed by atoms with van der Waals surface area (Å²) in [6, 6.07) is 5.25. The van der Waals surface area contributed by atoms with Crippen LogP contribution in [-0.4, -0.2) is 62.7 Å². The number of hydrogen-bond acceptors (Lipinski definition) is 7. The largest absolute Gasteiger partial charge is 0.439 e. The van der Waals surface area contributed by atoms with Gasteiger partial charge in [0, 0.05) is 31.1 Å². The second kappa shape index (κ2) is 5.27. The van der Waals surface area contributed by atoms with Gasteiger partial charge in [-0.2, -0.15) is 8.75 Å². The molecule has 4 rings (SSSR count). The molecule has 0 aliphatic carbocycles. The fraction of sp³-hybridized carbons (Fsp3) is 0.357. The van der Waals surface area contributed by atoms with Crippen molar-refractivity contribution in [2.75, 3.05) is 26.2 Å². The lowest BCUT2D eigenvalue weighted by atomic mass is 9.98. The van der Waals surface area contributed by atoms with Gasteiger partial charge in [-0.1, -0.05) is 0 Å². The number of hydrogen-bond donors (Lipinski definition) is 0. The summed E-state index contributed by atoms with van der Waals surface area (Å²) in [4.78, 5) is 38.1. The average Bonchev–Trinajstić information content (AvgIpc) is 3.09. The summed E-state index contributed by atoms with van der Waals surface area (Å²) in [5, 5.41) is 0. The minimum Gasteiger partial charge on any atom is -0.439 e. The highest BCUT2D eigenvalue weighted by atomic mass is 32.1. The molecule has 2 aliphatic rings. The highest BCUT2D eigenvalue weighted by Gasteiger charge is 2.38. The van der Waals surface area contributed by atoms with Crippen LogP contribution in [0.1, 0.15) is 10.4 Å². The average molecular weight is 332 g/mol. The molecule has 0 atom stereocenters. The Morgan fingerprint density at radius 1 is 1.26 bits per heavy atom. The zero-order valence-corrected chi connectivity index (χ0v) is 12.8. The number of aromatic nitrogens is 2. The third-order valence-corrected chi connectivity index (χ3v) is 4.58. The van der Waals surface area contributed by atoms with Crippen LogP contribution in [0.15, 0.2) is 18.2 Å². The number of carbonyl (C=O) groups excluding carboxylic acids is 3. The topological polar surface area (TPSA) is 92.7 Å². The zero-order chi connectivity index (χ0) is 16.0. The SMILES string of the molecule is O=C(c1ccc2nsnc2c1)N1CC(CN2C(=O)COC2=O)C1. The first kappa shape index (κ1) is 14.1. The fourth-order valence-corrected chi connectivity index (χ4v) is 3.28. The number of benzene rings is 1. The molecule has 1 aromatic carbocycles. The number of cyclic esters (lactones) is 1. The van der Waals surface area contributed by atoms with Gasteiger partial charge in [0.2, 0.25) is 0 Å². The van der Waals surface area contributed by atoms with Crippen LogP contribution >= 0.6 is 11.7 Å². The van der Waals surface area contributed by atoms with Gasteiger partial charge in [-0.05, 0) is 18.2 Å². The van der Waals surface area contributed by atoms with Crippen molar-refractivity contribution in [1.29, 1.82) is 0 Å². The second-order valence-electron chi connectivity index (χ2n) is 5.60. The van der Waals surface area contributed by atoms with E-state index in [0.717, 1.165) is 22.1 Å². The molecule has 118 valence electrons. The first-order chi connectivity index (χ1) is 11.1. The second-order valence-corrected chi connectivity index (χ2v) is 6.13. The quantitative estimate of drug-likeness (QED) is 0.823. The summed E-state index contributed by atoms with van der Waals surface area (Å²) in [5.74, 6) is -0.300. The van der Waals surface area contributed by atoms with E-state index >= 15 is 0 Å². The molecular formula is C14H12N4O4S. The normalized spacial score (nSPS) is 18.4. The third kappa shape index (κ3) is 2.42. The van der Waals surface area contributed by atoms with E-state index in [1.165, 1.54) is 0 Å². The zero-order valence-electron chi connectivity index (χ0n) is 12.0. The van der Waals surface area contributed by atoms with Crippen LogP contribution in [0.4, 0.5) is 4.79 Å². The maximum absolute atomic E-state index is 12.4. The molecule has 9 heteroatoms. The summed E-state index contributed by atoms with van der Waals surface area (Å²) in [5.41, 5.74) is 2.06. The number of likely N-dealkylation sites (tertiary alicyclic amines) is 1. The smallest absolute Gasteiger partial charge is 0.417 e. The van der Waals surface area contributed by atoms with Crippen LogP contribution in [0, 0.1) is 5.92 Å². The highest BCUT2D eigenvalue weighted by molar-refractivity contribution is 7.00. The van der Waals surface area contributed by atoms with Crippen molar-refractivity contribution >= 4 is 40.7 Å². The maximum atomic E-state index is 12.4. The fourth-order valence-electron chi connectivity index (χ4n) is 2.76. The van der Waals surface area contributed by atoms with Crippen molar-refractivity contribution in [1.82, 2.24) is 18.5 Å². The Morgan fingerprint density at radius 3 is 2.78 bits per heavy atom. The predicted octanol–water partition coefficient (Wildman–Crippen LogP) is 0.742. The van der Waals surface area contributed by atoms with E-state index in [2.05, 4.69) is 13.5 Å². The van der Waals surface area contributed by atoms with Crippen LogP contribution in [0.25, 0.3) is 11.0 Å². The molecule has 2 aromatic rings. The Hall–Kier alpha value is -2.55. The summed E-state index contributed by atoms with van der Waals surface area (Å²) < 4.78 is 12.9. The lowest BCUT2D eigenvalue weighted by Gasteiger charge is -2.40. The molecule has 0 spiro atoms. The maximum Gasteiger partial charge on any atom is 0.417 e. The standard InChI is InChI=1S/C14H12N4O4S/c19-12-7-22-14(21)18(12)6-8-4-17(5-8)13(20)9-1-2-10-11(3-9)16-23-15-10/h1-3,8H,4-7H2. The van der Waals surface area contributed by atoms with Crippen LogP contribution in [0.2, 0.25) is 0 Å². The number of nitrogens with zero attached hydrogens (tertiary/aromatic N) is 4. The van der Waals surface area contributed by atoms with Gasteiger partial charge in [-0.25, -0.2) is 9.69 Å². The van der Waals surface area contributed by atoms with Crippen LogP contribution in [0.5, 0.6) is 0 Å². The Bertz CT molecular complexity index is 798. The van der Waals surface area contributed by atoms with Gasteiger partial charge in [0.05, 0.1) is 11.7 Å². The minimum absolute atomic E-state index is 0.0773. The van der Waals surface area contributed by atoms with Gasteiger partial charge < -0.3 is 9.64 Å². The van der Waals surface area contributed by atoms with Gasteiger partial charge >= 0.3 is 6.09 Å². The lowest BCUT2D eigenvalue weighted by Crippen LogP contribution is -2.54. The van der Waals surface area contributed by atoms with E-state index in [-0.39, 0.29) is 24.3 Å². The van der Waals surface area contributed by atoms with Crippen molar-refractivity contribution in [2.24, 2.45) is 5.92 Å². The molecule has 8 nitrogen and oxygen atoms in total. The number of carbonyl (C=O) groups is 3. The summed E-state index contributed by atoms with van der Waals surface area (Å²) >= 11 is 1.11. The molecule has 2 aliphatic heterocycles. The van der Waals surface area contributed by atoms with E-state index in [9.17, 15) is 14.4 Å². The van der Waals surface area contributed by atoms with E-state index in [0.29, 0.717) is 30.7 Å². The van der Waals surface area contributed by atoms with Crippen molar-refractivity contribution in [3.8, 4) is 0 Å². The molecule has 3 heterocycles. The first-order valence-electron chi connectivity index (χ1n) is 7.10. The molecule has 1 aromatic heterocycles. The molecule has 3 amide bonds. The van der Waals surface area contributed by atoms with E-state index in [4.69, 9.17) is 0 Å². The van der Waals surface area contributed by atoms with Gasteiger partial charge in [-0.3, -0.25) is 9.59 Å². The molecule has 2 fully saturated rings. The summed E-state index contributed by atoms with van der Waals surface area (Å²) in [6.45, 7) is 1.15. The van der Waals surface area contributed by atoms with Crippen LogP contribution in [0.3, 0.4) is 0 Å². The van der Waals surface area contributed by atoms with E-state index in [1.807, 2.05) is 0 Å². The van der Waals surface area contributed by atoms with Gasteiger partial charge in [0.25, 0.3) is 11.8 Å². The monoisotopic (exact) mass is 332 g/mol. The Labute approximate surface area is 135 Å². The minimum atomic E-state index is -0.596. The Morgan fingerprint density at radius 2 is 2.04 bits per heavy atom. The van der Waals surface area contributed by atoms with Gasteiger partial charge in [0.1, 0.15) is 11.0 Å². The van der Waals surface area contributed by atoms with Crippen molar-refractivity contribution in [3.63, 3.8) is 0 Å². The first-order valence-corrected chi connectivity index (χ1v) is 7.83. The molecule has 2 saturated heterocycles. The predicted molar refractivity (Wildman–Crippen MR) is 79.9 cm³/mol. The number of imide groups is 1. The molecule has 0 radical (unpaired) electrons.